The molecule has 17 heavy (non-hydrogen) atoms. The molecule has 0 aromatic rings. The fourth-order valence-electron chi connectivity index (χ4n) is 6.01. The number of ketones is 1. The molecule has 1 spiro atoms. The second-order valence-corrected chi connectivity index (χ2v) is 7.37. The Bertz CT molecular complexity index is 373. The summed E-state index contributed by atoms with van der Waals surface area (Å²) in [6.07, 6.45) is 5.47. The molecule has 0 saturated heterocycles. The molecule has 1 unspecified atom stereocenters. The SMILES string of the molecule is CO[C@@H]1CC[C@@]2(C)CC(C)(C)[C@@H]3CCC(=O)C132. The summed E-state index contributed by atoms with van der Waals surface area (Å²) in [6, 6.07) is 0. The molecule has 96 valence electrons. The van der Waals surface area contributed by atoms with Crippen LogP contribution in [0.2, 0.25) is 0 Å². The molecule has 4 atom stereocenters. The number of carbonyl (C=O) groups is 1. The van der Waals surface area contributed by atoms with Gasteiger partial charge in [0.2, 0.25) is 0 Å². The van der Waals surface area contributed by atoms with Gasteiger partial charge in [-0.05, 0) is 42.4 Å². The molecule has 0 N–H and O–H groups in total. The fourth-order valence-corrected chi connectivity index (χ4v) is 6.01. The van der Waals surface area contributed by atoms with Crippen molar-refractivity contribution in [2.75, 3.05) is 7.11 Å². The predicted molar refractivity (Wildman–Crippen MR) is 66.7 cm³/mol. The lowest BCUT2D eigenvalue weighted by Crippen LogP contribution is -2.47. The summed E-state index contributed by atoms with van der Waals surface area (Å²) in [5.41, 5.74) is 0.346. The molecule has 0 radical (unpaired) electrons. The summed E-state index contributed by atoms with van der Waals surface area (Å²) < 4.78 is 5.74. The summed E-state index contributed by atoms with van der Waals surface area (Å²) in [5, 5.41) is 0. The van der Waals surface area contributed by atoms with Gasteiger partial charge in [0.1, 0.15) is 5.78 Å². The molecule has 3 rings (SSSR count). The van der Waals surface area contributed by atoms with Crippen LogP contribution in [0.1, 0.15) is 52.9 Å². The van der Waals surface area contributed by atoms with Crippen molar-refractivity contribution >= 4 is 5.78 Å². The fraction of sp³-hybridized carbons (Fsp3) is 0.933. The van der Waals surface area contributed by atoms with Crippen molar-refractivity contribution in [1.29, 1.82) is 0 Å². The van der Waals surface area contributed by atoms with Crippen molar-refractivity contribution in [2.24, 2.45) is 22.2 Å². The van der Waals surface area contributed by atoms with E-state index in [1.807, 2.05) is 0 Å². The minimum absolute atomic E-state index is 0.148. The quantitative estimate of drug-likeness (QED) is 0.699. The van der Waals surface area contributed by atoms with Crippen LogP contribution in [-0.2, 0) is 9.53 Å². The Morgan fingerprint density at radius 3 is 2.59 bits per heavy atom. The van der Waals surface area contributed by atoms with Crippen molar-refractivity contribution in [3.8, 4) is 0 Å². The first-order valence-electron chi connectivity index (χ1n) is 6.94. The maximum absolute atomic E-state index is 12.6. The molecule has 2 heteroatoms. The van der Waals surface area contributed by atoms with Gasteiger partial charge in [-0.1, -0.05) is 20.8 Å². The first-order chi connectivity index (χ1) is 7.88. The Hall–Kier alpha value is -0.370. The largest absolute Gasteiger partial charge is 0.380 e. The molecule has 0 aromatic heterocycles. The van der Waals surface area contributed by atoms with Crippen molar-refractivity contribution in [3.05, 3.63) is 0 Å². The number of Topliss-reactive ketones (excluding diaryl/α,β-unsaturated/α-hetero) is 1. The molecule has 3 saturated carbocycles. The highest BCUT2D eigenvalue weighted by molar-refractivity contribution is 5.90. The summed E-state index contributed by atoms with van der Waals surface area (Å²) >= 11 is 0. The van der Waals surface area contributed by atoms with E-state index in [0.29, 0.717) is 17.1 Å². The van der Waals surface area contributed by atoms with Crippen molar-refractivity contribution < 1.29 is 9.53 Å². The third kappa shape index (κ3) is 1.09. The summed E-state index contributed by atoms with van der Waals surface area (Å²) in [4.78, 5) is 12.6. The number of methoxy groups -OCH3 is 1. The van der Waals surface area contributed by atoms with Gasteiger partial charge >= 0.3 is 0 Å². The predicted octanol–water partition coefficient (Wildman–Crippen LogP) is 3.20. The third-order valence-electron chi connectivity index (χ3n) is 6.21. The van der Waals surface area contributed by atoms with Gasteiger partial charge in [0.15, 0.2) is 0 Å². The Kier molecular flexibility index (Phi) is 2.16. The topological polar surface area (TPSA) is 26.3 Å². The van der Waals surface area contributed by atoms with Gasteiger partial charge in [0.05, 0.1) is 11.5 Å². The second kappa shape index (κ2) is 3.14. The standard InChI is InChI=1S/C15H24O2/c1-13(2)9-14(3)8-7-12(17-4)15(14)10(13)5-6-11(15)16/h10,12H,5-9H2,1-4H3/t10-,12+,14-,15?/m0/s1. The lowest BCUT2D eigenvalue weighted by molar-refractivity contribution is -0.140. The maximum atomic E-state index is 12.6. The maximum Gasteiger partial charge on any atom is 0.142 e. The number of hydrogen-bond acceptors (Lipinski definition) is 2. The van der Waals surface area contributed by atoms with Gasteiger partial charge in [-0.2, -0.15) is 0 Å². The van der Waals surface area contributed by atoms with Gasteiger partial charge in [0, 0.05) is 13.5 Å². The van der Waals surface area contributed by atoms with Crippen LogP contribution < -0.4 is 0 Å². The summed E-state index contributed by atoms with van der Waals surface area (Å²) in [7, 11) is 1.79. The van der Waals surface area contributed by atoms with Crippen molar-refractivity contribution in [2.45, 2.75) is 59.0 Å². The minimum atomic E-state index is -0.148. The molecule has 3 aliphatic rings. The lowest BCUT2D eigenvalue weighted by atomic mass is 9.64. The highest BCUT2D eigenvalue weighted by Crippen LogP contribution is 2.75. The summed E-state index contributed by atoms with van der Waals surface area (Å²) in [5.74, 6) is 1.04. The highest BCUT2D eigenvalue weighted by atomic mass is 16.5. The molecule has 0 bridgehead atoms. The second-order valence-electron chi connectivity index (χ2n) is 7.37. The van der Waals surface area contributed by atoms with E-state index in [1.54, 1.807) is 7.11 Å². The van der Waals surface area contributed by atoms with E-state index in [0.717, 1.165) is 25.7 Å². The molecular formula is C15H24O2. The van der Waals surface area contributed by atoms with Gasteiger partial charge in [-0.25, -0.2) is 0 Å². The summed E-state index contributed by atoms with van der Waals surface area (Å²) in [6.45, 7) is 7.06. The normalized spacial score (nSPS) is 51.6. The number of carbonyl (C=O) groups excluding carboxylic acids is 1. The smallest absolute Gasteiger partial charge is 0.142 e. The number of rotatable bonds is 1. The highest BCUT2D eigenvalue weighted by Gasteiger charge is 2.74. The van der Waals surface area contributed by atoms with Crippen LogP contribution in [0, 0.1) is 22.2 Å². The Morgan fingerprint density at radius 2 is 1.94 bits per heavy atom. The van der Waals surface area contributed by atoms with E-state index < -0.39 is 0 Å². The molecule has 0 amide bonds. The van der Waals surface area contributed by atoms with Gasteiger partial charge in [0.25, 0.3) is 0 Å². The van der Waals surface area contributed by atoms with E-state index in [9.17, 15) is 4.79 Å². The van der Waals surface area contributed by atoms with Crippen LogP contribution in [0.25, 0.3) is 0 Å². The van der Waals surface area contributed by atoms with Gasteiger partial charge < -0.3 is 4.74 Å². The molecular weight excluding hydrogens is 212 g/mol. The van der Waals surface area contributed by atoms with Gasteiger partial charge in [-0.3, -0.25) is 4.79 Å². The van der Waals surface area contributed by atoms with Crippen molar-refractivity contribution in [3.63, 3.8) is 0 Å². The first kappa shape index (κ1) is 11.7. The Morgan fingerprint density at radius 1 is 1.24 bits per heavy atom. The average molecular weight is 236 g/mol. The van der Waals surface area contributed by atoms with Crippen LogP contribution in [-0.4, -0.2) is 19.0 Å². The van der Waals surface area contributed by atoms with E-state index in [1.165, 1.54) is 6.42 Å². The molecule has 0 aromatic carbocycles. The van der Waals surface area contributed by atoms with E-state index >= 15 is 0 Å². The molecule has 3 fully saturated rings. The average Bonchev–Trinajstić information content (AvgIpc) is 2.75. The van der Waals surface area contributed by atoms with Gasteiger partial charge in [-0.15, -0.1) is 0 Å². The number of ether oxygens (including phenoxy) is 1. The van der Waals surface area contributed by atoms with Crippen LogP contribution >= 0.6 is 0 Å². The zero-order chi connectivity index (χ0) is 12.5. The molecule has 2 nitrogen and oxygen atoms in total. The zero-order valence-electron chi connectivity index (χ0n) is 11.5. The van der Waals surface area contributed by atoms with E-state index in [4.69, 9.17) is 4.74 Å². The molecule has 0 aliphatic heterocycles. The van der Waals surface area contributed by atoms with Crippen molar-refractivity contribution in [1.82, 2.24) is 0 Å². The lowest BCUT2D eigenvalue weighted by Gasteiger charge is -2.40. The monoisotopic (exact) mass is 236 g/mol. The van der Waals surface area contributed by atoms with Crippen LogP contribution in [0.5, 0.6) is 0 Å². The molecule has 3 aliphatic carbocycles. The van der Waals surface area contributed by atoms with E-state index in [-0.39, 0.29) is 16.9 Å². The Labute approximate surface area is 104 Å². The van der Waals surface area contributed by atoms with Crippen LogP contribution in [0.3, 0.4) is 0 Å². The minimum Gasteiger partial charge on any atom is -0.380 e. The zero-order valence-corrected chi connectivity index (χ0v) is 11.5. The van der Waals surface area contributed by atoms with Crippen LogP contribution in [0.4, 0.5) is 0 Å². The number of hydrogen-bond donors (Lipinski definition) is 0. The Balaban J connectivity index is 2.18. The first-order valence-corrected chi connectivity index (χ1v) is 6.94. The third-order valence-corrected chi connectivity index (χ3v) is 6.21. The molecule has 0 heterocycles. The van der Waals surface area contributed by atoms with E-state index in [2.05, 4.69) is 20.8 Å². The van der Waals surface area contributed by atoms with Crippen LogP contribution in [0.15, 0.2) is 0 Å².